The minimum Gasteiger partial charge on any atom is -0.285 e. The Labute approximate surface area is 125 Å². The lowest BCUT2D eigenvalue weighted by atomic mass is 10.2. The average molecular weight is 284 g/mol. The lowest BCUT2D eigenvalue weighted by molar-refractivity contribution is -0.525. The van der Waals surface area contributed by atoms with Crippen molar-refractivity contribution in [3.8, 4) is 6.07 Å². The van der Waals surface area contributed by atoms with Crippen molar-refractivity contribution in [1.29, 1.82) is 5.26 Å². The van der Waals surface area contributed by atoms with Crippen LogP contribution in [0.4, 0.5) is 5.69 Å². The van der Waals surface area contributed by atoms with Crippen molar-refractivity contribution in [3.63, 3.8) is 0 Å². The number of nitrogens with two attached hydrogens (primary N) is 1. The Morgan fingerprint density at radius 2 is 1.81 bits per heavy atom. The van der Waals surface area contributed by atoms with Crippen molar-refractivity contribution >= 4 is 17.2 Å². The van der Waals surface area contributed by atoms with Gasteiger partial charge in [-0.1, -0.05) is 17.7 Å². The van der Waals surface area contributed by atoms with Crippen LogP contribution < -0.4 is 11.2 Å². The number of nitriles is 1. The summed E-state index contributed by atoms with van der Waals surface area (Å²) in [5.74, 6) is 0.471. The van der Waals surface area contributed by atoms with E-state index in [0.717, 1.165) is 31.6 Å². The van der Waals surface area contributed by atoms with Crippen LogP contribution in [0.3, 0.4) is 0 Å². The molecule has 1 heterocycles. The van der Waals surface area contributed by atoms with Gasteiger partial charge in [-0.25, -0.2) is 0 Å². The highest BCUT2D eigenvalue weighted by molar-refractivity contribution is 6.45. The highest BCUT2D eigenvalue weighted by Crippen LogP contribution is 2.09. The lowest BCUT2D eigenvalue weighted by Crippen LogP contribution is -2.36. The van der Waals surface area contributed by atoms with Crippen molar-refractivity contribution in [2.24, 2.45) is 10.8 Å². The van der Waals surface area contributed by atoms with E-state index in [-0.39, 0.29) is 5.71 Å². The van der Waals surface area contributed by atoms with Crippen LogP contribution >= 0.6 is 0 Å². The molecule has 0 aromatic heterocycles. The molecule has 1 aromatic rings. The van der Waals surface area contributed by atoms with E-state index >= 15 is 0 Å². The molecule has 0 aliphatic carbocycles. The molecular formula is C16H22N5+. The maximum Gasteiger partial charge on any atom is 0.306 e. The first-order valence-corrected chi connectivity index (χ1v) is 7.39. The summed E-state index contributed by atoms with van der Waals surface area (Å²) in [5.41, 5.74) is 11.3. The molecule has 5 nitrogen and oxygen atoms in total. The van der Waals surface area contributed by atoms with E-state index in [0.29, 0.717) is 5.84 Å². The molecule has 1 fully saturated rings. The predicted octanol–water partition coefficient (Wildman–Crippen LogP) is 2.23. The number of hydrogen-bond donors (Lipinski definition) is 2. The van der Waals surface area contributed by atoms with Crippen molar-refractivity contribution in [2.75, 3.05) is 18.5 Å². The van der Waals surface area contributed by atoms with Crippen molar-refractivity contribution in [3.05, 3.63) is 29.8 Å². The molecule has 110 valence electrons. The van der Waals surface area contributed by atoms with Gasteiger partial charge in [0.2, 0.25) is 5.71 Å². The summed E-state index contributed by atoms with van der Waals surface area (Å²) in [6, 6.07) is 9.92. The molecule has 0 radical (unpaired) electrons. The normalized spacial score (nSPS) is 16.0. The van der Waals surface area contributed by atoms with Gasteiger partial charge in [0, 0.05) is 0 Å². The maximum atomic E-state index is 9.27. The van der Waals surface area contributed by atoms with Gasteiger partial charge < -0.3 is 0 Å². The second kappa shape index (κ2) is 7.44. The van der Waals surface area contributed by atoms with Crippen molar-refractivity contribution in [1.82, 2.24) is 0 Å². The summed E-state index contributed by atoms with van der Waals surface area (Å²) in [4.78, 5) is 0. The largest absolute Gasteiger partial charge is 0.306 e. The van der Waals surface area contributed by atoms with Gasteiger partial charge >= 0.3 is 5.84 Å². The van der Waals surface area contributed by atoms with E-state index in [4.69, 9.17) is 5.73 Å². The molecule has 1 aromatic carbocycles. The van der Waals surface area contributed by atoms with Crippen LogP contribution in [0, 0.1) is 18.3 Å². The summed E-state index contributed by atoms with van der Waals surface area (Å²) in [6.45, 7) is 3.83. The molecule has 0 spiro atoms. The van der Waals surface area contributed by atoms with E-state index in [1.54, 1.807) is 0 Å². The summed E-state index contributed by atoms with van der Waals surface area (Å²) >= 11 is 0. The van der Waals surface area contributed by atoms with Crippen LogP contribution in [0.25, 0.3) is 0 Å². The van der Waals surface area contributed by atoms with Crippen LogP contribution in [-0.4, -0.2) is 29.2 Å². The summed E-state index contributed by atoms with van der Waals surface area (Å²) in [7, 11) is 0. The van der Waals surface area contributed by atoms with Gasteiger partial charge in [0.1, 0.15) is 6.07 Å². The molecular weight excluding hydrogens is 262 g/mol. The van der Waals surface area contributed by atoms with Crippen LogP contribution in [0.1, 0.15) is 31.2 Å². The minimum atomic E-state index is 0.248. The standard InChI is InChI=1S/C16H21N5/c1-13-6-8-14(9-7-13)19-20-15(12-17)16(18)21-10-4-2-3-5-11-21/h6-9H,2-5,10-11H2,1H3,(H2,18,19)/p+1. The molecule has 1 aliphatic heterocycles. The Morgan fingerprint density at radius 3 is 2.38 bits per heavy atom. The van der Waals surface area contributed by atoms with Crippen LogP contribution in [-0.2, 0) is 0 Å². The smallest absolute Gasteiger partial charge is 0.285 e. The number of amidine groups is 1. The zero-order valence-electron chi connectivity index (χ0n) is 12.5. The third kappa shape index (κ3) is 4.32. The van der Waals surface area contributed by atoms with Gasteiger partial charge in [0.25, 0.3) is 0 Å². The second-order valence-electron chi connectivity index (χ2n) is 5.34. The number of rotatable bonds is 3. The first-order chi connectivity index (χ1) is 10.2. The number of benzene rings is 1. The quantitative estimate of drug-likeness (QED) is 0.387. The lowest BCUT2D eigenvalue weighted by Gasteiger charge is -2.06. The van der Waals surface area contributed by atoms with Gasteiger partial charge in [-0.15, -0.1) is 0 Å². The van der Waals surface area contributed by atoms with Crippen molar-refractivity contribution in [2.45, 2.75) is 32.6 Å². The zero-order chi connectivity index (χ0) is 15.1. The second-order valence-corrected chi connectivity index (χ2v) is 5.34. The fourth-order valence-corrected chi connectivity index (χ4v) is 2.35. The van der Waals surface area contributed by atoms with E-state index in [1.165, 1.54) is 18.4 Å². The SMILES string of the molecule is Cc1ccc(N/N=C(\C#N)C(N)=[N+]2CCCCCC2)cc1. The number of nitrogens with zero attached hydrogens (tertiary/aromatic N) is 3. The third-order valence-corrected chi connectivity index (χ3v) is 3.64. The average Bonchev–Trinajstić information content (AvgIpc) is 2.78. The van der Waals surface area contributed by atoms with Gasteiger partial charge in [0.05, 0.1) is 18.8 Å². The maximum absolute atomic E-state index is 9.27. The van der Waals surface area contributed by atoms with E-state index in [2.05, 4.69) is 21.2 Å². The molecule has 0 amide bonds. The van der Waals surface area contributed by atoms with E-state index in [1.807, 2.05) is 31.2 Å². The molecule has 0 atom stereocenters. The van der Waals surface area contributed by atoms with Crippen LogP contribution in [0.5, 0.6) is 0 Å². The first kappa shape index (κ1) is 15.0. The Balaban J connectivity index is 2.14. The number of nitrogens with one attached hydrogen (secondary N) is 1. The number of hydrogen-bond acceptors (Lipinski definition) is 3. The fraction of sp³-hybridized carbons (Fsp3) is 0.438. The van der Waals surface area contributed by atoms with E-state index in [9.17, 15) is 5.26 Å². The summed E-state index contributed by atoms with van der Waals surface area (Å²) < 4.78 is 2.06. The highest BCUT2D eigenvalue weighted by atomic mass is 15.3. The summed E-state index contributed by atoms with van der Waals surface area (Å²) in [5, 5.41) is 13.4. The predicted molar refractivity (Wildman–Crippen MR) is 85.5 cm³/mol. The zero-order valence-corrected chi connectivity index (χ0v) is 12.5. The molecule has 5 heteroatoms. The van der Waals surface area contributed by atoms with Gasteiger partial charge in [-0.05, 0) is 44.7 Å². The Kier molecular flexibility index (Phi) is 5.33. The Hall–Kier alpha value is -2.35. The van der Waals surface area contributed by atoms with Gasteiger partial charge in [0.15, 0.2) is 0 Å². The fourth-order valence-electron chi connectivity index (χ4n) is 2.35. The van der Waals surface area contributed by atoms with Crippen LogP contribution in [0.2, 0.25) is 0 Å². The molecule has 1 aliphatic rings. The third-order valence-electron chi connectivity index (χ3n) is 3.64. The number of hydrazone groups is 1. The highest BCUT2D eigenvalue weighted by Gasteiger charge is 2.17. The van der Waals surface area contributed by atoms with Crippen LogP contribution in [0.15, 0.2) is 29.4 Å². The van der Waals surface area contributed by atoms with Gasteiger partial charge in [-0.2, -0.15) is 10.4 Å². The summed E-state index contributed by atoms with van der Waals surface area (Å²) in [6.07, 6.45) is 4.68. The first-order valence-electron chi connectivity index (χ1n) is 7.39. The molecule has 2 rings (SSSR count). The molecule has 3 N–H and O–H groups in total. The Morgan fingerprint density at radius 1 is 1.19 bits per heavy atom. The topological polar surface area (TPSA) is 77.2 Å². The number of aryl methyl sites for hydroxylation is 1. The molecule has 21 heavy (non-hydrogen) atoms. The number of anilines is 1. The minimum absolute atomic E-state index is 0.248. The van der Waals surface area contributed by atoms with Crippen molar-refractivity contribution < 1.29 is 4.58 Å². The van der Waals surface area contributed by atoms with E-state index < -0.39 is 0 Å². The molecule has 0 bridgehead atoms. The molecule has 0 unspecified atom stereocenters. The monoisotopic (exact) mass is 284 g/mol. The molecule has 0 saturated carbocycles. The molecule has 1 saturated heterocycles. The van der Waals surface area contributed by atoms with Gasteiger partial charge in [-0.3, -0.25) is 15.7 Å². The Bertz CT molecular complexity index is 568.